The normalized spacial score (nSPS) is 16.5. The number of carbonyl (C=O) groups is 1. The van der Waals surface area contributed by atoms with E-state index in [0.29, 0.717) is 6.42 Å². The molecule has 0 aliphatic carbocycles. The highest BCUT2D eigenvalue weighted by atomic mass is 32.2. The average Bonchev–Trinajstić information content (AvgIpc) is 2.63. The summed E-state index contributed by atoms with van der Waals surface area (Å²) >= 11 is 1.58. The molecule has 0 aliphatic rings. The summed E-state index contributed by atoms with van der Waals surface area (Å²) in [6, 6.07) is 0. The highest BCUT2D eigenvalue weighted by molar-refractivity contribution is 7.99. The van der Waals surface area contributed by atoms with Crippen LogP contribution in [0.2, 0.25) is 0 Å². The van der Waals surface area contributed by atoms with Crippen molar-refractivity contribution >= 4 is 17.7 Å². The maximum atomic E-state index is 11.4. The molecule has 6 nitrogen and oxygen atoms in total. The van der Waals surface area contributed by atoms with Crippen molar-refractivity contribution in [3.05, 3.63) is 6.33 Å². The van der Waals surface area contributed by atoms with E-state index in [9.17, 15) is 4.79 Å². The van der Waals surface area contributed by atoms with Gasteiger partial charge in [0.05, 0.1) is 5.54 Å². The van der Waals surface area contributed by atoms with E-state index >= 15 is 0 Å². The van der Waals surface area contributed by atoms with Crippen LogP contribution >= 0.6 is 11.8 Å². The van der Waals surface area contributed by atoms with Gasteiger partial charge in [0.2, 0.25) is 5.91 Å². The van der Waals surface area contributed by atoms with Gasteiger partial charge in [-0.3, -0.25) is 4.79 Å². The van der Waals surface area contributed by atoms with E-state index in [-0.39, 0.29) is 11.2 Å². The number of thioether (sulfide) groups is 1. The molecule has 17 heavy (non-hydrogen) atoms. The molecule has 1 aromatic rings. The highest BCUT2D eigenvalue weighted by Gasteiger charge is 2.31. The SMILES string of the molecule is CNC(C)(CC(C)Sc1ncnn1C)C(N)=O. The standard InChI is InChI=1S/C10H19N5OS/c1-7(5-10(2,12-3)8(11)16)17-9-13-6-14-15(9)4/h6-7,12H,5H2,1-4H3,(H2,11,16). The van der Waals surface area contributed by atoms with Gasteiger partial charge in [-0.15, -0.1) is 0 Å². The molecule has 2 unspecified atom stereocenters. The van der Waals surface area contributed by atoms with Crippen molar-refractivity contribution in [1.82, 2.24) is 20.1 Å². The Bertz CT molecular complexity index is 394. The second-order valence-corrected chi connectivity index (χ2v) is 5.65. The number of aromatic nitrogens is 3. The van der Waals surface area contributed by atoms with E-state index in [1.54, 1.807) is 23.5 Å². The largest absolute Gasteiger partial charge is 0.368 e. The van der Waals surface area contributed by atoms with Gasteiger partial charge in [0.15, 0.2) is 5.16 Å². The molecule has 1 heterocycles. The molecule has 0 aromatic carbocycles. The van der Waals surface area contributed by atoms with Crippen molar-refractivity contribution < 1.29 is 4.79 Å². The lowest BCUT2D eigenvalue weighted by molar-refractivity contribution is -0.123. The van der Waals surface area contributed by atoms with E-state index in [2.05, 4.69) is 15.4 Å². The summed E-state index contributed by atoms with van der Waals surface area (Å²) in [5, 5.41) is 8.02. The van der Waals surface area contributed by atoms with Crippen molar-refractivity contribution in [2.45, 2.75) is 36.2 Å². The molecule has 0 aliphatic heterocycles. The van der Waals surface area contributed by atoms with Crippen LogP contribution in [0.1, 0.15) is 20.3 Å². The molecule has 0 radical (unpaired) electrons. The number of nitrogens with two attached hydrogens (primary N) is 1. The van der Waals surface area contributed by atoms with Crippen LogP contribution < -0.4 is 11.1 Å². The van der Waals surface area contributed by atoms with Crippen molar-refractivity contribution in [2.24, 2.45) is 12.8 Å². The highest BCUT2D eigenvalue weighted by Crippen LogP contribution is 2.26. The van der Waals surface area contributed by atoms with Gasteiger partial charge in [0.25, 0.3) is 0 Å². The first-order valence-corrected chi connectivity index (χ1v) is 6.26. The number of carbonyl (C=O) groups excluding carboxylic acids is 1. The van der Waals surface area contributed by atoms with Gasteiger partial charge >= 0.3 is 0 Å². The molecular formula is C10H19N5OS. The molecule has 0 saturated carbocycles. The number of aryl methyl sites for hydroxylation is 1. The van der Waals surface area contributed by atoms with Crippen molar-refractivity contribution in [3.63, 3.8) is 0 Å². The number of likely N-dealkylation sites (N-methyl/N-ethyl adjacent to an activating group) is 1. The molecule has 2 atom stereocenters. The first kappa shape index (κ1) is 14.0. The lowest BCUT2D eigenvalue weighted by atomic mass is 9.95. The number of primary amides is 1. The smallest absolute Gasteiger partial charge is 0.237 e. The Balaban J connectivity index is 2.63. The summed E-state index contributed by atoms with van der Waals surface area (Å²) in [6.07, 6.45) is 2.15. The minimum absolute atomic E-state index is 0.211. The zero-order chi connectivity index (χ0) is 13.1. The fraction of sp³-hybridized carbons (Fsp3) is 0.700. The first-order chi connectivity index (χ1) is 7.89. The van der Waals surface area contributed by atoms with Gasteiger partial charge in [0, 0.05) is 12.3 Å². The van der Waals surface area contributed by atoms with E-state index in [1.807, 2.05) is 20.9 Å². The summed E-state index contributed by atoms with van der Waals surface area (Å²) in [5.74, 6) is -0.342. The van der Waals surface area contributed by atoms with Crippen LogP contribution in [0.4, 0.5) is 0 Å². The zero-order valence-electron chi connectivity index (χ0n) is 10.6. The minimum Gasteiger partial charge on any atom is -0.368 e. The Morgan fingerprint density at radius 2 is 2.41 bits per heavy atom. The molecule has 7 heteroatoms. The van der Waals surface area contributed by atoms with Crippen molar-refractivity contribution in [1.29, 1.82) is 0 Å². The van der Waals surface area contributed by atoms with E-state index in [4.69, 9.17) is 5.73 Å². The van der Waals surface area contributed by atoms with Crippen LogP contribution in [0.3, 0.4) is 0 Å². The van der Waals surface area contributed by atoms with E-state index in [1.165, 1.54) is 6.33 Å². The second-order valence-electron chi connectivity index (χ2n) is 4.25. The molecule has 1 rings (SSSR count). The summed E-state index contributed by atoms with van der Waals surface area (Å²) in [7, 11) is 3.58. The Kier molecular flexibility index (Phi) is 4.53. The maximum Gasteiger partial charge on any atom is 0.237 e. The number of hydrogen-bond donors (Lipinski definition) is 2. The van der Waals surface area contributed by atoms with Gasteiger partial charge in [-0.2, -0.15) is 5.10 Å². The number of hydrogen-bond acceptors (Lipinski definition) is 5. The van der Waals surface area contributed by atoms with Gasteiger partial charge in [-0.25, -0.2) is 9.67 Å². The summed E-state index contributed by atoms with van der Waals surface area (Å²) in [6.45, 7) is 3.85. The molecule has 3 N–H and O–H groups in total. The quantitative estimate of drug-likeness (QED) is 0.708. The van der Waals surface area contributed by atoms with Crippen LogP contribution in [0.15, 0.2) is 11.5 Å². The summed E-state index contributed by atoms with van der Waals surface area (Å²) in [4.78, 5) is 15.5. The third kappa shape index (κ3) is 3.44. The Hall–Kier alpha value is -1.08. The zero-order valence-corrected chi connectivity index (χ0v) is 11.4. The number of rotatable bonds is 6. The van der Waals surface area contributed by atoms with Crippen molar-refractivity contribution in [3.8, 4) is 0 Å². The molecule has 0 spiro atoms. The molecule has 0 fully saturated rings. The third-order valence-electron chi connectivity index (χ3n) is 2.77. The first-order valence-electron chi connectivity index (χ1n) is 5.38. The van der Waals surface area contributed by atoms with Crippen molar-refractivity contribution in [2.75, 3.05) is 7.05 Å². The molecule has 1 aromatic heterocycles. The molecule has 0 saturated heterocycles. The average molecular weight is 257 g/mol. The van der Waals surface area contributed by atoms with Gasteiger partial charge in [0.1, 0.15) is 6.33 Å². The predicted molar refractivity (Wildman–Crippen MR) is 67.6 cm³/mol. The van der Waals surface area contributed by atoms with Crippen LogP contribution in [0.5, 0.6) is 0 Å². The monoisotopic (exact) mass is 257 g/mol. The summed E-state index contributed by atoms with van der Waals surface area (Å²) in [5.41, 5.74) is 4.70. The predicted octanol–water partition coefficient (Wildman–Crippen LogP) is 0.149. The Morgan fingerprint density at radius 3 is 2.82 bits per heavy atom. The molecular weight excluding hydrogens is 238 g/mol. The lowest BCUT2D eigenvalue weighted by Crippen LogP contribution is -2.52. The fourth-order valence-corrected chi connectivity index (χ4v) is 2.60. The van der Waals surface area contributed by atoms with Gasteiger partial charge in [-0.05, 0) is 20.4 Å². The van der Waals surface area contributed by atoms with Crippen LogP contribution in [-0.4, -0.2) is 38.5 Å². The van der Waals surface area contributed by atoms with E-state index < -0.39 is 5.54 Å². The minimum atomic E-state index is -0.689. The molecule has 0 bridgehead atoms. The molecule has 1 amide bonds. The van der Waals surface area contributed by atoms with E-state index in [0.717, 1.165) is 5.16 Å². The maximum absolute atomic E-state index is 11.4. The third-order valence-corrected chi connectivity index (χ3v) is 3.92. The van der Waals surface area contributed by atoms with Gasteiger partial charge < -0.3 is 11.1 Å². The number of nitrogens with one attached hydrogen (secondary N) is 1. The fourth-order valence-electron chi connectivity index (χ4n) is 1.51. The Morgan fingerprint density at radius 1 is 1.76 bits per heavy atom. The van der Waals surface area contributed by atoms with Gasteiger partial charge in [-0.1, -0.05) is 18.7 Å². The topological polar surface area (TPSA) is 85.8 Å². The number of amides is 1. The lowest BCUT2D eigenvalue weighted by Gasteiger charge is -2.28. The second kappa shape index (κ2) is 5.50. The Labute approximate surface area is 105 Å². The molecule has 96 valence electrons. The van der Waals surface area contributed by atoms with Crippen LogP contribution in [0.25, 0.3) is 0 Å². The number of nitrogens with zero attached hydrogens (tertiary/aromatic N) is 3. The summed E-state index contributed by atoms with van der Waals surface area (Å²) < 4.78 is 1.71. The van der Waals surface area contributed by atoms with Crippen LogP contribution in [0, 0.1) is 0 Å². The van der Waals surface area contributed by atoms with Crippen LogP contribution in [-0.2, 0) is 11.8 Å².